The fourth-order valence-corrected chi connectivity index (χ4v) is 1.58. The molecule has 0 amide bonds. The zero-order valence-electron chi connectivity index (χ0n) is 9.78. The molecule has 0 radical (unpaired) electrons. The van der Waals surface area contributed by atoms with E-state index in [1.54, 1.807) is 6.07 Å². The fraction of sp³-hybridized carbons (Fsp3) is 0.385. The maximum Gasteiger partial charge on any atom is 0.200 e. The molecule has 16 heavy (non-hydrogen) atoms. The third-order valence-electron chi connectivity index (χ3n) is 2.82. The number of Topliss-reactive ketones (excluding diaryl/α,β-unsaturated/α-hetero) is 1. The molecular weight excluding hydrogens is 202 g/mol. The van der Waals surface area contributed by atoms with E-state index < -0.39 is 0 Å². The van der Waals surface area contributed by atoms with Crippen molar-refractivity contribution in [1.29, 1.82) is 0 Å². The van der Waals surface area contributed by atoms with Crippen LogP contribution in [0.3, 0.4) is 0 Å². The van der Waals surface area contributed by atoms with Crippen LogP contribution in [-0.2, 0) is 0 Å². The summed E-state index contributed by atoms with van der Waals surface area (Å²) in [6, 6.07) is 5.46. The third-order valence-corrected chi connectivity index (χ3v) is 2.82. The van der Waals surface area contributed by atoms with Gasteiger partial charge in [0.15, 0.2) is 11.3 Å². The summed E-state index contributed by atoms with van der Waals surface area (Å²) in [6.07, 6.45) is 0.822. The van der Waals surface area contributed by atoms with Gasteiger partial charge >= 0.3 is 0 Å². The molecule has 0 fully saturated rings. The number of hydrogen-bond acceptors (Lipinski definition) is 3. The van der Waals surface area contributed by atoms with Crippen LogP contribution in [0.4, 0.5) is 0 Å². The van der Waals surface area contributed by atoms with Crippen molar-refractivity contribution in [1.82, 2.24) is 4.98 Å². The molecule has 0 N–H and O–H groups in total. The SMILES string of the molecule is CCC(C)C(=O)c1cc2nc(C)ccc2o1. The van der Waals surface area contributed by atoms with E-state index in [0.717, 1.165) is 17.6 Å². The zero-order valence-corrected chi connectivity index (χ0v) is 9.78. The summed E-state index contributed by atoms with van der Waals surface area (Å²) in [5.74, 6) is 0.474. The summed E-state index contributed by atoms with van der Waals surface area (Å²) in [7, 11) is 0. The number of rotatable bonds is 3. The number of aryl methyl sites for hydroxylation is 1. The van der Waals surface area contributed by atoms with Crippen molar-refractivity contribution in [3.8, 4) is 0 Å². The van der Waals surface area contributed by atoms with Crippen LogP contribution in [0.15, 0.2) is 22.6 Å². The van der Waals surface area contributed by atoms with E-state index in [0.29, 0.717) is 11.3 Å². The first-order valence-corrected chi connectivity index (χ1v) is 5.53. The summed E-state index contributed by atoms with van der Waals surface area (Å²) in [6.45, 7) is 5.82. The number of hydrogen-bond donors (Lipinski definition) is 0. The summed E-state index contributed by atoms with van der Waals surface area (Å²) in [4.78, 5) is 16.2. The average Bonchev–Trinajstić information content (AvgIpc) is 2.69. The molecule has 1 atom stereocenters. The summed E-state index contributed by atoms with van der Waals surface area (Å²) in [5.41, 5.74) is 2.36. The number of nitrogens with zero attached hydrogens (tertiary/aromatic N) is 1. The first-order chi connectivity index (χ1) is 7.61. The minimum absolute atomic E-state index is 0.00154. The number of ketones is 1. The highest BCUT2D eigenvalue weighted by Crippen LogP contribution is 2.21. The minimum atomic E-state index is 0.00154. The molecule has 0 aliphatic rings. The molecule has 0 saturated heterocycles. The molecule has 84 valence electrons. The second-order valence-electron chi connectivity index (χ2n) is 4.12. The van der Waals surface area contributed by atoms with Gasteiger partial charge in [-0.1, -0.05) is 13.8 Å². The minimum Gasteiger partial charge on any atom is -0.451 e. The molecule has 2 heterocycles. The molecule has 1 unspecified atom stereocenters. The monoisotopic (exact) mass is 217 g/mol. The van der Waals surface area contributed by atoms with Crippen molar-refractivity contribution in [3.63, 3.8) is 0 Å². The van der Waals surface area contributed by atoms with Crippen molar-refractivity contribution in [2.75, 3.05) is 0 Å². The Hall–Kier alpha value is -1.64. The Labute approximate surface area is 94.5 Å². The molecule has 0 aliphatic carbocycles. The quantitative estimate of drug-likeness (QED) is 0.740. The second-order valence-corrected chi connectivity index (χ2v) is 4.12. The van der Waals surface area contributed by atoms with Crippen LogP contribution in [0.1, 0.15) is 36.5 Å². The van der Waals surface area contributed by atoms with Gasteiger partial charge in [0.25, 0.3) is 0 Å². The number of carbonyl (C=O) groups is 1. The molecule has 2 aromatic heterocycles. The van der Waals surface area contributed by atoms with E-state index in [9.17, 15) is 4.79 Å². The summed E-state index contributed by atoms with van der Waals surface area (Å²) < 4.78 is 5.50. The van der Waals surface area contributed by atoms with Crippen molar-refractivity contribution in [2.45, 2.75) is 27.2 Å². The highest BCUT2D eigenvalue weighted by atomic mass is 16.3. The molecule has 0 spiro atoms. The van der Waals surface area contributed by atoms with Crippen LogP contribution in [-0.4, -0.2) is 10.8 Å². The van der Waals surface area contributed by atoms with Crippen LogP contribution in [0.25, 0.3) is 11.1 Å². The van der Waals surface area contributed by atoms with E-state index in [-0.39, 0.29) is 11.7 Å². The number of pyridine rings is 1. The van der Waals surface area contributed by atoms with E-state index >= 15 is 0 Å². The number of aromatic nitrogens is 1. The molecule has 0 saturated carbocycles. The van der Waals surface area contributed by atoms with Crippen molar-refractivity contribution in [2.24, 2.45) is 5.92 Å². The van der Waals surface area contributed by atoms with Gasteiger partial charge in [0, 0.05) is 17.7 Å². The van der Waals surface area contributed by atoms with E-state index in [1.807, 2.05) is 32.9 Å². The summed E-state index contributed by atoms with van der Waals surface area (Å²) >= 11 is 0. The second kappa shape index (κ2) is 4.08. The lowest BCUT2D eigenvalue weighted by atomic mass is 10.0. The Morgan fingerprint density at radius 1 is 1.50 bits per heavy atom. The van der Waals surface area contributed by atoms with Crippen molar-refractivity contribution < 1.29 is 9.21 Å². The molecule has 0 bridgehead atoms. The predicted molar refractivity (Wildman–Crippen MR) is 62.5 cm³/mol. The first-order valence-electron chi connectivity index (χ1n) is 5.53. The fourth-order valence-electron chi connectivity index (χ4n) is 1.58. The summed E-state index contributed by atoms with van der Waals surface area (Å²) in [5, 5.41) is 0. The number of fused-ring (bicyclic) bond motifs is 1. The lowest BCUT2D eigenvalue weighted by molar-refractivity contribution is 0.0901. The molecule has 0 aliphatic heterocycles. The lowest BCUT2D eigenvalue weighted by Gasteiger charge is -2.02. The van der Waals surface area contributed by atoms with Gasteiger partial charge in [-0.05, 0) is 25.5 Å². The Morgan fingerprint density at radius 3 is 2.94 bits per heavy atom. The standard InChI is InChI=1S/C13H15NO2/c1-4-8(2)13(15)12-7-10-11(16-12)6-5-9(3)14-10/h5-8H,4H2,1-3H3. The molecule has 0 aromatic carbocycles. The van der Waals surface area contributed by atoms with Gasteiger partial charge < -0.3 is 4.42 Å². The number of carbonyl (C=O) groups excluding carboxylic acids is 1. The molecule has 3 nitrogen and oxygen atoms in total. The van der Waals surface area contributed by atoms with Gasteiger partial charge in [0.05, 0.1) is 0 Å². The van der Waals surface area contributed by atoms with E-state index in [1.165, 1.54) is 0 Å². The van der Waals surface area contributed by atoms with Crippen LogP contribution in [0, 0.1) is 12.8 Å². The lowest BCUT2D eigenvalue weighted by Crippen LogP contribution is -2.08. The highest BCUT2D eigenvalue weighted by molar-refractivity contribution is 5.98. The zero-order chi connectivity index (χ0) is 11.7. The Bertz CT molecular complexity index is 528. The van der Waals surface area contributed by atoms with Crippen LogP contribution in [0.5, 0.6) is 0 Å². The maximum absolute atomic E-state index is 11.9. The van der Waals surface area contributed by atoms with Gasteiger partial charge in [0.2, 0.25) is 5.78 Å². The highest BCUT2D eigenvalue weighted by Gasteiger charge is 2.18. The molecule has 2 aromatic rings. The van der Waals surface area contributed by atoms with Crippen molar-refractivity contribution >= 4 is 16.9 Å². The van der Waals surface area contributed by atoms with Gasteiger partial charge in [-0.2, -0.15) is 0 Å². The van der Waals surface area contributed by atoms with Crippen LogP contribution in [0.2, 0.25) is 0 Å². The smallest absolute Gasteiger partial charge is 0.200 e. The maximum atomic E-state index is 11.9. The van der Waals surface area contributed by atoms with Gasteiger partial charge in [-0.15, -0.1) is 0 Å². The molecule has 3 heteroatoms. The molecule has 2 rings (SSSR count). The Morgan fingerprint density at radius 2 is 2.25 bits per heavy atom. The molecular formula is C13H15NO2. The predicted octanol–water partition coefficient (Wildman–Crippen LogP) is 3.37. The largest absolute Gasteiger partial charge is 0.451 e. The van der Waals surface area contributed by atoms with Crippen LogP contribution >= 0.6 is 0 Å². The Kier molecular flexibility index (Phi) is 2.77. The Balaban J connectivity index is 2.43. The normalized spacial score (nSPS) is 12.9. The van der Waals surface area contributed by atoms with Crippen molar-refractivity contribution in [3.05, 3.63) is 29.7 Å². The first kappa shape index (κ1) is 10.9. The van der Waals surface area contributed by atoms with Gasteiger partial charge in [-0.25, -0.2) is 4.98 Å². The van der Waals surface area contributed by atoms with E-state index in [2.05, 4.69) is 4.98 Å². The van der Waals surface area contributed by atoms with E-state index in [4.69, 9.17) is 4.42 Å². The number of furan rings is 1. The average molecular weight is 217 g/mol. The topological polar surface area (TPSA) is 43.1 Å². The van der Waals surface area contributed by atoms with Gasteiger partial charge in [-0.3, -0.25) is 4.79 Å². The third kappa shape index (κ3) is 1.85. The van der Waals surface area contributed by atoms with Crippen LogP contribution < -0.4 is 0 Å². The van der Waals surface area contributed by atoms with Gasteiger partial charge in [0.1, 0.15) is 5.52 Å².